The lowest BCUT2D eigenvalue weighted by Crippen LogP contribution is -2.63. The Balaban J connectivity index is 1.46. The maximum atomic E-state index is 12.5. The number of rotatable bonds is 7. The highest BCUT2D eigenvalue weighted by atomic mass is 16.6. The number of hydrogen-bond donors (Lipinski definition) is 6. The van der Waals surface area contributed by atoms with Gasteiger partial charge in [-0.25, -0.2) is 4.99 Å². The van der Waals surface area contributed by atoms with Crippen LogP contribution in [-0.2, 0) is 14.3 Å². The fraction of sp³-hybridized carbons (Fsp3) is 0.576. The smallest absolute Gasteiger partial charge is 0.306 e. The lowest BCUT2D eigenvalue weighted by atomic mass is 9.45. The first kappa shape index (κ1) is 31.9. The van der Waals surface area contributed by atoms with E-state index in [4.69, 9.17) is 21.2 Å². The Kier molecular flexibility index (Phi) is 8.52. The molecule has 0 aromatic heterocycles. The summed E-state index contributed by atoms with van der Waals surface area (Å²) in [7, 11) is 0. The number of fused-ring (bicyclic) bond motifs is 5. The zero-order valence-corrected chi connectivity index (χ0v) is 25.6. The number of amides is 2. The molecular weight excluding hydrogens is 564 g/mol. The molecule has 0 radical (unpaired) electrons. The monoisotopic (exact) mass is 608 g/mol. The Morgan fingerprint density at radius 2 is 1.98 bits per heavy atom. The average molecular weight is 609 g/mol. The van der Waals surface area contributed by atoms with Crippen molar-refractivity contribution in [2.45, 2.75) is 83.7 Å². The van der Waals surface area contributed by atoms with Crippen LogP contribution in [-0.4, -0.2) is 63.4 Å². The van der Waals surface area contributed by atoms with E-state index in [2.05, 4.69) is 18.3 Å². The molecule has 1 aromatic rings. The molecule has 4 aliphatic rings. The summed E-state index contributed by atoms with van der Waals surface area (Å²) in [5.74, 6) is -1.54. The number of nitrogens with one attached hydrogen (secondary N) is 1. The Morgan fingerprint density at radius 1 is 1.23 bits per heavy atom. The number of aliphatic imine (C=N–C) groups is 1. The van der Waals surface area contributed by atoms with Crippen LogP contribution < -0.4 is 16.8 Å². The molecule has 1 aromatic carbocycles. The molecule has 7 atom stereocenters. The van der Waals surface area contributed by atoms with Gasteiger partial charge in [-0.05, 0) is 97.7 Å². The maximum Gasteiger partial charge on any atom is 0.306 e. The zero-order valence-electron chi connectivity index (χ0n) is 25.6. The van der Waals surface area contributed by atoms with Crippen molar-refractivity contribution in [3.63, 3.8) is 0 Å². The number of carbonyl (C=O) groups is 3. The second kappa shape index (κ2) is 11.8. The first-order chi connectivity index (χ1) is 20.8. The van der Waals surface area contributed by atoms with E-state index in [0.29, 0.717) is 36.2 Å². The molecule has 44 heavy (non-hydrogen) atoms. The number of hydrogen-bond acceptors (Lipinski definition) is 9. The Labute approximate surface area is 257 Å². The third kappa shape index (κ3) is 5.14. The fourth-order valence-corrected chi connectivity index (χ4v) is 9.00. The molecule has 11 heteroatoms. The second-order valence-electron chi connectivity index (χ2n) is 13.3. The highest BCUT2D eigenvalue weighted by Crippen LogP contribution is 2.69. The first-order valence-electron chi connectivity index (χ1n) is 15.4. The largest absolute Gasteiger partial charge is 0.453 e. The van der Waals surface area contributed by atoms with E-state index < -0.39 is 46.6 Å². The van der Waals surface area contributed by atoms with Crippen molar-refractivity contribution in [3.05, 3.63) is 53.3 Å². The van der Waals surface area contributed by atoms with Gasteiger partial charge in [-0.2, -0.15) is 0 Å². The highest BCUT2D eigenvalue weighted by Gasteiger charge is 2.70. The maximum absolute atomic E-state index is 12.5. The quantitative estimate of drug-likeness (QED) is 0.200. The highest BCUT2D eigenvalue weighted by molar-refractivity contribution is 6.11. The molecule has 8 N–H and O–H groups in total. The minimum Gasteiger partial charge on any atom is -0.453 e. The van der Waals surface area contributed by atoms with E-state index in [-0.39, 0.29) is 37.1 Å². The van der Waals surface area contributed by atoms with Crippen LogP contribution in [0.15, 0.2) is 52.7 Å². The summed E-state index contributed by atoms with van der Waals surface area (Å²) in [5, 5.41) is 35.5. The SMILES string of the molecule is CCC(=O)O[C@]1(C(O)O)CCC2[C@@H]3CCC4=CC(=Nc5cccc(C(=O)NCC(N)=O)c5)C(=CN)C[C@]4(C)C3[C@@H](O)C[C@@]21C. The summed E-state index contributed by atoms with van der Waals surface area (Å²) in [4.78, 5) is 40.8. The van der Waals surface area contributed by atoms with Crippen molar-refractivity contribution in [2.24, 2.45) is 45.0 Å². The Hall–Kier alpha value is -3.54. The lowest BCUT2D eigenvalue weighted by Gasteiger charge is -2.61. The molecule has 0 saturated heterocycles. The topological polar surface area (TPSA) is 198 Å². The van der Waals surface area contributed by atoms with Crippen molar-refractivity contribution in [1.82, 2.24) is 5.32 Å². The summed E-state index contributed by atoms with van der Waals surface area (Å²) in [6.07, 6.45) is 4.53. The number of esters is 1. The van der Waals surface area contributed by atoms with E-state index in [1.54, 1.807) is 37.4 Å². The van der Waals surface area contributed by atoms with E-state index in [1.807, 2.05) is 6.92 Å². The van der Waals surface area contributed by atoms with Crippen molar-refractivity contribution < 1.29 is 34.4 Å². The van der Waals surface area contributed by atoms with Gasteiger partial charge in [0.05, 0.1) is 24.0 Å². The number of aliphatic hydroxyl groups excluding tert-OH is 2. The molecule has 11 nitrogen and oxygen atoms in total. The summed E-state index contributed by atoms with van der Waals surface area (Å²) < 4.78 is 5.85. The molecule has 0 aliphatic heterocycles. The minimum atomic E-state index is -1.85. The lowest BCUT2D eigenvalue weighted by molar-refractivity contribution is -0.264. The fourth-order valence-electron chi connectivity index (χ4n) is 9.00. The zero-order chi connectivity index (χ0) is 32.0. The number of allylic oxidation sites excluding steroid dienone is 3. The third-order valence-corrected chi connectivity index (χ3v) is 11.0. The van der Waals surface area contributed by atoms with Crippen molar-refractivity contribution in [1.29, 1.82) is 0 Å². The summed E-state index contributed by atoms with van der Waals surface area (Å²) in [5.41, 5.74) is 12.2. The predicted molar refractivity (Wildman–Crippen MR) is 163 cm³/mol. The second-order valence-corrected chi connectivity index (χ2v) is 13.3. The summed E-state index contributed by atoms with van der Waals surface area (Å²) >= 11 is 0. The molecule has 4 aliphatic carbocycles. The van der Waals surface area contributed by atoms with Gasteiger partial charge in [-0.3, -0.25) is 14.4 Å². The molecule has 0 bridgehead atoms. The Bertz CT molecular complexity index is 1440. The van der Waals surface area contributed by atoms with E-state index in [1.165, 1.54) is 5.57 Å². The van der Waals surface area contributed by atoms with Gasteiger partial charge < -0.3 is 36.8 Å². The molecule has 0 heterocycles. The van der Waals surface area contributed by atoms with Crippen LogP contribution in [0.4, 0.5) is 5.69 Å². The molecule has 3 saturated carbocycles. The van der Waals surface area contributed by atoms with E-state index in [0.717, 1.165) is 18.4 Å². The Morgan fingerprint density at radius 3 is 2.64 bits per heavy atom. The molecule has 5 rings (SSSR count). The van der Waals surface area contributed by atoms with Crippen LogP contribution in [0.5, 0.6) is 0 Å². The molecule has 0 spiro atoms. The van der Waals surface area contributed by atoms with Crippen LogP contribution in [0.2, 0.25) is 0 Å². The number of aliphatic hydroxyl groups is 3. The van der Waals surface area contributed by atoms with Crippen molar-refractivity contribution >= 4 is 29.2 Å². The standard InChI is InChI=1S/C33H44N4O7/c1-4-27(40)44-33(30(42)43)11-10-23-22-9-8-20-13-24(37-21-7-5-6-18(12-21)29(41)36-17-26(35)39)19(16-34)14-31(20,2)28(22)25(38)15-32(23,33)3/h5-7,12-13,16,22-23,25,28,30,38,42-43H,4,8-11,14-15,17,34H2,1-3H3,(H2,35,39)(H,36,41)/t22-,23?,25-,28?,31-,32-,33-/m0/s1. The first-order valence-corrected chi connectivity index (χ1v) is 15.4. The van der Waals surface area contributed by atoms with Gasteiger partial charge in [0.15, 0.2) is 11.9 Å². The average Bonchev–Trinajstić information content (AvgIpc) is 3.27. The van der Waals surface area contributed by atoms with Crippen LogP contribution in [0, 0.1) is 28.6 Å². The van der Waals surface area contributed by atoms with Crippen LogP contribution in [0.3, 0.4) is 0 Å². The van der Waals surface area contributed by atoms with E-state index >= 15 is 0 Å². The number of primary amides is 1. The van der Waals surface area contributed by atoms with Gasteiger partial charge >= 0.3 is 5.97 Å². The molecule has 2 amide bonds. The molecule has 238 valence electrons. The summed E-state index contributed by atoms with van der Waals surface area (Å²) in [6.45, 7) is 5.53. The molecule has 2 unspecified atom stereocenters. The van der Waals surface area contributed by atoms with Gasteiger partial charge in [-0.1, -0.05) is 32.4 Å². The number of nitrogens with two attached hydrogens (primary N) is 2. The van der Waals surface area contributed by atoms with Crippen molar-refractivity contribution in [3.8, 4) is 0 Å². The number of ether oxygens (including phenoxy) is 1. The van der Waals surface area contributed by atoms with Crippen LogP contribution in [0.1, 0.15) is 76.1 Å². The van der Waals surface area contributed by atoms with Crippen LogP contribution in [0.25, 0.3) is 0 Å². The number of benzene rings is 1. The minimum absolute atomic E-state index is 0.0320. The van der Waals surface area contributed by atoms with Gasteiger partial charge in [-0.15, -0.1) is 0 Å². The van der Waals surface area contributed by atoms with Gasteiger partial charge in [0.25, 0.3) is 5.91 Å². The van der Waals surface area contributed by atoms with E-state index in [9.17, 15) is 29.7 Å². The third-order valence-electron chi connectivity index (χ3n) is 11.0. The van der Waals surface area contributed by atoms with Crippen molar-refractivity contribution in [2.75, 3.05) is 6.54 Å². The van der Waals surface area contributed by atoms with Gasteiger partial charge in [0.1, 0.15) is 0 Å². The van der Waals surface area contributed by atoms with Gasteiger partial charge in [0.2, 0.25) is 5.91 Å². The van der Waals surface area contributed by atoms with Crippen LogP contribution >= 0.6 is 0 Å². The molecular formula is C33H44N4O7. The van der Waals surface area contributed by atoms with Gasteiger partial charge in [0, 0.05) is 17.4 Å². The normalized spacial score (nSPS) is 36.3. The predicted octanol–water partition coefficient (Wildman–Crippen LogP) is 2.36. The number of nitrogens with zero attached hydrogens (tertiary/aromatic N) is 1. The molecule has 3 fully saturated rings. The number of carbonyl (C=O) groups excluding carboxylic acids is 3. The summed E-state index contributed by atoms with van der Waals surface area (Å²) in [6, 6.07) is 6.77.